The number of ketones is 2. The van der Waals surface area contributed by atoms with E-state index in [2.05, 4.69) is 238 Å². The van der Waals surface area contributed by atoms with E-state index in [1.165, 1.54) is 38.1 Å². The van der Waals surface area contributed by atoms with E-state index in [0.29, 0.717) is 11.4 Å². The van der Waals surface area contributed by atoms with Gasteiger partial charge in [0.1, 0.15) is 23.2 Å². The largest absolute Gasteiger partial charge is 3.00 e. The van der Waals surface area contributed by atoms with Crippen molar-refractivity contribution in [3.8, 4) is 22.5 Å². The zero-order chi connectivity index (χ0) is 74.2. The predicted octanol–water partition coefficient (Wildman–Crippen LogP) is 25.5. The van der Waals surface area contributed by atoms with Crippen molar-refractivity contribution in [1.29, 1.82) is 0 Å². The van der Waals surface area contributed by atoms with E-state index in [4.69, 9.17) is 19.9 Å². The zero-order valence-corrected chi connectivity index (χ0v) is 62.2. The van der Waals surface area contributed by atoms with Gasteiger partial charge in [-0.05, 0) is 206 Å². The molecule has 0 radical (unpaired) electrons. The standard InChI is InChI=1S/2C46H30FN4.C5H8O2.Ir/c2*47-33-23-21-32(22-24-33)44-31-48-45-42-29-38(50(34-13-5-1-6-14-34)35-15-7-2-8-16-35)25-27-40(42)41-28-26-39(30-43(41)46(45)49-44)51(36-17-9-3-10-18-36)37-19-11-4-12-20-37;1-4(6)3-5(2)7;/h2*1-28,30-31H;3H2,1-2H3;/q2*-1;;+3. The molecule has 0 aliphatic carbocycles. The maximum atomic E-state index is 13.9. The quantitative estimate of drug-likeness (QED) is 0.0528. The van der Waals surface area contributed by atoms with Crippen LogP contribution in [0.1, 0.15) is 20.3 Å². The van der Waals surface area contributed by atoms with Gasteiger partial charge in [-0.1, -0.05) is 179 Å². The molecule has 2 aromatic heterocycles. The first-order valence-electron chi connectivity index (χ1n) is 35.8. The Kier molecular flexibility index (Phi) is 21.3. The number of hydrogen-bond donors (Lipinski definition) is 0. The van der Waals surface area contributed by atoms with Crippen LogP contribution >= 0.6 is 0 Å². The maximum Gasteiger partial charge on any atom is 3.00 e. The van der Waals surface area contributed by atoms with E-state index >= 15 is 0 Å². The average molecular weight is 1610 g/mol. The summed E-state index contributed by atoms with van der Waals surface area (Å²) in [6.45, 7) is 2.81. The normalized spacial score (nSPS) is 10.9. The van der Waals surface area contributed by atoms with Crippen molar-refractivity contribution in [2.45, 2.75) is 20.3 Å². The van der Waals surface area contributed by atoms with Gasteiger partial charge in [-0.25, -0.2) is 8.78 Å². The summed E-state index contributed by atoms with van der Waals surface area (Å²) in [4.78, 5) is 49.6. The second kappa shape index (κ2) is 32.6. The molecule has 0 fully saturated rings. The number of anilines is 12. The Morgan fingerprint density at radius 3 is 0.818 bits per heavy atom. The molecule has 16 aromatic carbocycles. The molecule has 0 unspecified atom stereocenters. The van der Waals surface area contributed by atoms with Gasteiger partial charge in [0, 0.05) is 91.4 Å². The van der Waals surface area contributed by atoms with Gasteiger partial charge in [-0.2, -0.15) is 0 Å². The molecule has 13 heteroatoms. The third kappa shape index (κ3) is 15.2. The third-order valence-electron chi connectivity index (χ3n) is 18.9. The average Bonchev–Trinajstić information content (AvgIpc) is 0.734. The Morgan fingerprint density at radius 2 is 0.555 bits per heavy atom. The van der Waals surface area contributed by atoms with E-state index in [1.54, 1.807) is 36.7 Å². The van der Waals surface area contributed by atoms with E-state index < -0.39 is 0 Å². The molecule has 10 nitrogen and oxygen atoms in total. The minimum Gasteiger partial charge on any atom is -0.328 e. The molecule has 0 aliphatic heterocycles. The van der Waals surface area contributed by atoms with E-state index in [-0.39, 0.29) is 49.7 Å². The molecule has 0 saturated carbocycles. The number of hydrogen-bond acceptors (Lipinski definition) is 10. The first kappa shape index (κ1) is 71.9. The third-order valence-corrected chi connectivity index (χ3v) is 18.9. The monoisotopic (exact) mass is 1610 g/mol. The summed E-state index contributed by atoms with van der Waals surface area (Å²) in [6.07, 6.45) is 3.63. The van der Waals surface area contributed by atoms with Crippen molar-refractivity contribution in [1.82, 2.24) is 19.9 Å². The summed E-state index contributed by atoms with van der Waals surface area (Å²) < 4.78 is 27.9. The molecular weight excluding hydrogens is 1540 g/mol. The Morgan fingerprint density at radius 1 is 0.291 bits per heavy atom. The molecule has 2 heterocycles. The number of para-hydroxylation sites is 8. The Balaban J connectivity index is 0.000000160. The van der Waals surface area contributed by atoms with Gasteiger partial charge >= 0.3 is 20.1 Å². The smallest absolute Gasteiger partial charge is 0.328 e. The van der Waals surface area contributed by atoms with Crippen LogP contribution in [0.25, 0.3) is 87.7 Å². The summed E-state index contributed by atoms with van der Waals surface area (Å²) in [5.41, 5.74) is 18.0. The van der Waals surface area contributed by atoms with Crippen molar-refractivity contribution in [3.05, 3.63) is 388 Å². The topological polar surface area (TPSA) is 98.7 Å². The Hall–Kier alpha value is -13.7. The molecule has 530 valence electrons. The van der Waals surface area contributed by atoms with Gasteiger partial charge in [0.15, 0.2) is 0 Å². The van der Waals surface area contributed by atoms with Crippen LogP contribution in [0, 0.1) is 23.8 Å². The molecule has 0 N–H and O–H groups in total. The SMILES string of the molecule is CC(=O)CC(C)=O.Fc1ccc(-c2cnc3c4[c-]c(N(c5ccccc5)c5ccccc5)ccc4c4ccc(N(c5ccccc5)c5ccccc5)cc4c3n2)cc1.Fc1ccc(-c2cnc3c4[c-]c(N(c5ccccc5)c5ccccc5)ccc4c4ccc(N(c5ccccc5)c5ccccc5)cc4c3n2)cc1.[Ir+3]. The van der Waals surface area contributed by atoms with Crippen molar-refractivity contribution < 1.29 is 38.5 Å². The van der Waals surface area contributed by atoms with Gasteiger partial charge in [0.25, 0.3) is 0 Å². The zero-order valence-electron chi connectivity index (χ0n) is 59.8. The molecule has 0 amide bonds. The van der Waals surface area contributed by atoms with E-state index in [9.17, 15) is 18.4 Å². The van der Waals surface area contributed by atoms with Gasteiger partial charge in [0.05, 0.1) is 28.8 Å². The number of benzene rings is 16. The number of Topliss-reactive ketones (excluding diaryl/α,β-unsaturated/α-hetero) is 2. The molecule has 0 atom stereocenters. The fraction of sp³-hybridized carbons (Fsp3) is 0.0309. The van der Waals surface area contributed by atoms with E-state index in [0.717, 1.165) is 145 Å². The second-order valence-corrected chi connectivity index (χ2v) is 26.2. The van der Waals surface area contributed by atoms with Crippen molar-refractivity contribution in [2.24, 2.45) is 0 Å². The van der Waals surface area contributed by atoms with Crippen LogP contribution in [0.3, 0.4) is 0 Å². The van der Waals surface area contributed by atoms with Gasteiger partial charge in [-0.15, -0.1) is 47.2 Å². The van der Waals surface area contributed by atoms with Crippen LogP contribution < -0.4 is 19.6 Å². The number of rotatable bonds is 16. The summed E-state index contributed by atoms with van der Waals surface area (Å²) in [7, 11) is 0. The fourth-order valence-electron chi connectivity index (χ4n) is 14.0. The summed E-state index contributed by atoms with van der Waals surface area (Å²) in [5, 5.41) is 7.83. The predicted molar refractivity (Wildman–Crippen MR) is 442 cm³/mol. The van der Waals surface area contributed by atoms with Gasteiger partial charge in [0.2, 0.25) is 0 Å². The van der Waals surface area contributed by atoms with Crippen molar-refractivity contribution >= 4 is 145 Å². The maximum absolute atomic E-state index is 13.9. The number of carbonyl (C=O) groups is 2. The molecule has 0 aliphatic rings. The number of fused-ring (bicyclic) bond motifs is 12. The molecule has 110 heavy (non-hydrogen) atoms. The van der Waals surface area contributed by atoms with Crippen LogP contribution in [0.15, 0.2) is 364 Å². The number of aromatic nitrogens is 4. The second-order valence-electron chi connectivity index (χ2n) is 26.2. The van der Waals surface area contributed by atoms with Crippen LogP contribution in [-0.4, -0.2) is 31.5 Å². The molecule has 18 aromatic rings. The number of nitrogens with zero attached hydrogens (tertiary/aromatic N) is 8. The summed E-state index contributed by atoms with van der Waals surface area (Å²) in [6, 6.07) is 125. The molecule has 0 saturated heterocycles. The minimum absolute atomic E-state index is 0. The Labute approximate surface area is 649 Å². The van der Waals surface area contributed by atoms with Crippen LogP contribution in [0.4, 0.5) is 77.0 Å². The van der Waals surface area contributed by atoms with Crippen LogP contribution in [0.2, 0.25) is 0 Å². The fourth-order valence-corrected chi connectivity index (χ4v) is 14.0. The van der Waals surface area contributed by atoms with E-state index in [1.807, 2.05) is 97.1 Å². The summed E-state index contributed by atoms with van der Waals surface area (Å²) >= 11 is 0. The van der Waals surface area contributed by atoms with Crippen molar-refractivity contribution in [3.63, 3.8) is 0 Å². The first-order chi connectivity index (χ1) is 53.5. The summed E-state index contributed by atoms with van der Waals surface area (Å²) in [5.74, 6) is -0.710. The Bertz CT molecular complexity index is 5740. The molecule has 0 spiro atoms. The van der Waals surface area contributed by atoms with Gasteiger partial charge in [-0.3, -0.25) is 19.6 Å². The minimum atomic E-state index is -0.293. The van der Waals surface area contributed by atoms with Gasteiger partial charge < -0.3 is 29.6 Å². The molecule has 0 bridgehead atoms. The number of carbonyl (C=O) groups excluding carboxylic acids is 2. The van der Waals surface area contributed by atoms with Crippen molar-refractivity contribution in [2.75, 3.05) is 19.6 Å². The van der Waals surface area contributed by atoms with Crippen LogP contribution in [-0.2, 0) is 29.7 Å². The molecular formula is C97H68F2IrN8O2+. The first-order valence-corrected chi connectivity index (χ1v) is 35.8. The molecule has 18 rings (SSSR count). The van der Waals surface area contributed by atoms with Crippen LogP contribution in [0.5, 0.6) is 0 Å². The number of halogens is 2.